The number of nitrogens with one attached hydrogen (secondary N) is 2. The third kappa shape index (κ3) is 9.13. The van der Waals surface area contributed by atoms with E-state index >= 15 is 0 Å². The second-order valence-corrected chi connectivity index (χ2v) is 20.3. The summed E-state index contributed by atoms with van der Waals surface area (Å²) in [6.45, 7) is 4.69. The minimum absolute atomic E-state index is 0.140. The van der Waals surface area contributed by atoms with Crippen LogP contribution in [0.1, 0.15) is 41.8 Å². The van der Waals surface area contributed by atoms with Gasteiger partial charge >= 0.3 is 0 Å². The Balaban J connectivity index is 1.09. The van der Waals surface area contributed by atoms with Crippen LogP contribution in [0.15, 0.2) is 109 Å². The molecule has 0 spiro atoms. The third-order valence-corrected chi connectivity index (χ3v) is 16.0. The van der Waals surface area contributed by atoms with E-state index in [-0.39, 0.29) is 23.7 Å². The molecular weight excluding hydrogens is 887 g/mol. The summed E-state index contributed by atoms with van der Waals surface area (Å²) in [5, 5.41) is 7.00. The Hall–Kier alpha value is -2.94. The van der Waals surface area contributed by atoms with Gasteiger partial charge in [0.25, 0.3) is 0 Å². The van der Waals surface area contributed by atoms with Crippen LogP contribution in [0.5, 0.6) is 0 Å². The molecule has 0 aliphatic carbocycles. The Kier molecular flexibility index (Phi) is 12.8. The molecule has 53 heavy (non-hydrogen) atoms. The van der Waals surface area contributed by atoms with Crippen LogP contribution in [0.3, 0.4) is 0 Å². The van der Waals surface area contributed by atoms with Gasteiger partial charge < -0.3 is 10.6 Å². The lowest BCUT2D eigenvalue weighted by Crippen LogP contribution is -2.38. The number of carbonyl (C=O) groups excluding carboxylic acids is 2. The zero-order valence-electron chi connectivity index (χ0n) is 29.0. The largest absolute Gasteiger partial charge is 0.374 e. The van der Waals surface area contributed by atoms with Crippen molar-refractivity contribution in [3.05, 3.63) is 133 Å². The number of thiophene rings is 5. The SMILES string of the molecule is CCN[C@@H](Cc1ccccc1)C(=O)c1cc(I)sc1-c1ccc(-c2ccc(-c3ccc(-c4sc(Cl)cc4N[C@@H](Cc4ccccc4)C(=O)CC)s3)s2)s1. The lowest BCUT2D eigenvalue weighted by atomic mass is 9.97. The summed E-state index contributed by atoms with van der Waals surface area (Å²) in [6, 6.07) is 36.8. The molecule has 0 unspecified atom stereocenters. The van der Waals surface area contributed by atoms with Crippen molar-refractivity contribution >= 4 is 108 Å². The number of ketones is 2. The normalized spacial score (nSPS) is 12.5. The zero-order chi connectivity index (χ0) is 36.9. The first-order valence-corrected chi connectivity index (χ1v) is 22.9. The fraction of sp³-hybridized carbons (Fsp3) is 0.190. The molecule has 5 aromatic heterocycles. The van der Waals surface area contributed by atoms with Crippen LogP contribution in [0.4, 0.5) is 5.69 Å². The minimum Gasteiger partial charge on any atom is -0.374 e. The van der Waals surface area contributed by atoms with Gasteiger partial charge in [-0.3, -0.25) is 9.59 Å². The van der Waals surface area contributed by atoms with E-state index in [2.05, 4.69) is 93.9 Å². The number of hydrogen-bond acceptors (Lipinski definition) is 9. The van der Waals surface area contributed by atoms with Gasteiger partial charge in [-0.1, -0.05) is 86.1 Å². The standard InChI is InChI=1S/C42H36ClIN2O2S5/c1-3-31(47)28(21-25-11-7-5-8-12-25)46-30-24-38(43)52-42(30)37-20-18-35(51-37)33-16-15-32(49-33)34-17-19-36(50-34)41-27(23-39(44)53-41)40(48)29(45-4-2)22-26-13-9-6-10-14-26/h5-20,23-24,28-29,45-46H,3-4,21-22H2,1-2H3/t28-,29-/m0/s1. The van der Waals surface area contributed by atoms with Crippen LogP contribution in [0.25, 0.3) is 39.0 Å². The van der Waals surface area contributed by atoms with Crippen molar-refractivity contribution in [3.63, 3.8) is 0 Å². The molecule has 7 rings (SSSR count). The van der Waals surface area contributed by atoms with Gasteiger partial charge in [0.2, 0.25) is 0 Å². The molecule has 0 bridgehead atoms. The zero-order valence-corrected chi connectivity index (χ0v) is 36.0. The van der Waals surface area contributed by atoms with Crippen LogP contribution in [-0.2, 0) is 17.6 Å². The maximum absolute atomic E-state index is 14.0. The summed E-state index contributed by atoms with van der Waals surface area (Å²) in [7, 11) is 0. The highest BCUT2D eigenvalue weighted by Gasteiger charge is 2.26. The number of Topliss-reactive ketones (excluding diaryl/α,β-unsaturated/α-hetero) is 2. The first-order valence-electron chi connectivity index (χ1n) is 17.3. The van der Waals surface area contributed by atoms with E-state index < -0.39 is 0 Å². The van der Waals surface area contributed by atoms with Crippen LogP contribution in [0.2, 0.25) is 4.34 Å². The molecule has 0 saturated carbocycles. The molecule has 2 N–H and O–H groups in total. The van der Waals surface area contributed by atoms with E-state index in [9.17, 15) is 9.59 Å². The van der Waals surface area contributed by atoms with Crippen molar-refractivity contribution in [1.29, 1.82) is 0 Å². The summed E-state index contributed by atoms with van der Waals surface area (Å²) >= 11 is 17.4. The summed E-state index contributed by atoms with van der Waals surface area (Å²) in [4.78, 5) is 36.1. The summed E-state index contributed by atoms with van der Waals surface area (Å²) in [5.74, 6) is 0.315. The predicted molar refractivity (Wildman–Crippen MR) is 240 cm³/mol. The quantitative estimate of drug-likeness (QED) is 0.0749. The Labute approximate surface area is 349 Å². The highest BCUT2D eigenvalue weighted by atomic mass is 127. The first-order chi connectivity index (χ1) is 25.8. The predicted octanol–water partition coefficient (Wildman–Crippen LogP) is 13.3. The highest BCUT2D eigenvalue weighted by Crippen LogP contribution is 2.48. The Bertz CT molecular complexity index is 2320. The first kappa shape index (κ1) is 38.3. The van der Waals surface area contributed by atoms with E-state index in [1.165, 1.54) is 30.8 Å². The fourth-order valence-corrected chi connectivity index (χ4v) is 12.7. The van der Waals surface area contributed by atoms with Crippen molar-refractivity contribution in [2.24, 2.45) is 0 Å². The summed E-state index contributed by atoms with van der Waals surface area (Å²) in [6.07, 6.45) is 1.74. The molecule has 270 valence electrons. The van der Waals surface area contributed by atoms with Crippen molar-refractivity contribution < 1.29 is 9.59 Å². The molecule has 0 radical (unpaired) electrons. The Morgan fingerprint density at radius 1 is 0.642 bits per heavy atom. The van der Waals surface area contributed by atoms with Crippen LogP contribution < -0.4 is 10.6 Å². The van der Waals surface area contributed by atoms with Crippen molar-refractivity contribution in [3.8, 4) is 39.0 Å². The van der Waals surface area contributed by atoms with Crippen LogP contribution >= 0.6 is 90.9 Å². The van der Waals surface area contributed by atoms with E-state index in [1.807, 2.05) is 62.4 Å². The van der Waals surface area contributed by atoms with E-state index in [0.29, 0.717) is 23.6 Å². The number of likely N-dealkylation sites (N-methyl/N-ethyl adjacent to an activating group) is 1. The lowest BCUT2D eigenvalue weighted by molar-refractivity contribution is -0.119. The molecule has 0 aliphatic rings. The monoisotopic (exact) mass is 922 g/mol. The maximum atomic E-state index is 14.0. The van der Waals surface area contributed by atoms with E-state index in [1.54, 1.807) is 45.3 Å². The average Bonchev–Trinajstić information content (AvgIpc) is 4.02. The molecule has 4 nitrogen and oxygen atoms in total. The van der Waals surface area contributed by atoms with E-state index in [4.69, 9.17) is 11.6 Å². The van der Waals surface area contributed by atoms with Gasteiger partial charge in [-0.05, 0) is 102 Å². The molecule has 0 saturated heterocycles. The number of rotatable bonds is 16. The molecule has 0 fully saturated rings. The summed E-state index contributed by atoms with van der Waals surface area (Å²) < 4.78 is 1.79. The lowest BCUT2D eigenvalue weighted by Gasteiger charge is -2.18. The van der Waals surface area contributed by atoms with Crippen molar-refractivity contribution in [2.75, 3.05) is 11.9 Å². The second-order valence-electron chi connectivity index (χ2n) is 12.4. The van der Waals surface area contributed by atoms with Gasteiger partial charge in [0.15, 0.2) is 11.6 Å². The molecule has 2 aromatic carbocycles. The van der Waals surface area contributed by atoms with Gasteiger partial charge in [-0.25, -0.2) is 0 Å². The molecule has 0 aliphatic heterocycles. The van der Waals surface area contributed by atoms with Gasteiger partial charge in [-0.2, -0.15) is 0 Å². The van der Waals surface area contributed by atoms with Crippen LogP contribution in [0, 0.1) is 2.88 Å². The van der Waals surface area contributed by atoms with Gasteiger partial charge in [0, 0.05) is 41.2 Å². The van der Waals surface area contributed by atoms with Crippen LogP contribution in [-0.4, -0.2) is 30.2 Å². The number of halogens is 2. The number of benzene rings is 2. The van der Waals surface area contributed by atoms with Crippen molar-refractivity contribution in [2.45, 2.75) is 45.2 Å². The van der Waals surface area contributed by atoms with E-state index in [0.717, 1.165) is 51.3 Å². The Morgan fingerprint density at radius 2 is 1.15 bits per heavy atom. The molecule has 5 heterocycles. The number of hydrogen-bond donors (Lipinski definition) is 2. The molecule has 7 aromatic rings. The summed E-state index contributed by atoms with van der Waals surface area (Å²) in [5.41, 5.74) is 3.96. The second kappa shape index (κ2) is 17.7. The molecule has 11 heteroatoms. The van der Waals surface area contributed by atoms with Gasteiger partial charge in [-0.15, -0.1) is 56.7 Å². The minimum atomic E-state index is -0.336. The molecular formula is C42H36ClIN2O2S5. The molecule has 2 atom stereocenters. The topological polar surface area (TPSA) is 58.2 Å². The maximum Gasteiger partial charge on any atom is 0.181 e. The van der Waals surface area contributed by atoms with Gasteiger partial charge in [0.05, 0.1) is 34.7 Å². The third-order valence-electron chi connectivity index (χ3n) is 8.82. The number of carbonyl (C=O) groups is 2. The fourth-order valence-electron chi connectivity index (χ4n) is 6.24. The Morgan fingerprint density at radius 3 is 1.70 bits per heavy atom. The highest BCUT2D eigenvalue weighted by molar-refractivity contribution is 14.1. The van der Waals surface area contributed by atoms with Crippen molar-refractivity contribution in [1.82, 2.24) is 5.32 Å². The number of anilines is 1. The van der Waals surface area contributed by atoms with Gasteiger partial charge in [0.1, 0.15) is 0 Å². The smallest absolute Gasteiger partial charge is 0.181 e. The molecule has 0 amide bonds. The average molecular weight is 923 g/mol.